The molecule has 1 aliphatic rings. The monoisotopic (exact) mass is 476 g/mol. The summed E-state index contributed by atoms with van der Waals surface area (Å²) in [6, 6.07) is 16.0. The van der Waals surface area contributed by atoms with Crippen LogP contribution in [0.3, 0.4) is 0 Å². The van der Waals surface area contributed by atoms with E-state index < -0.39 is 0 Å². The molecule has 1 aliphatic heterocycles. The van der Waals surface area contributed by atoms with Crippen LogP contribution in [-0.4, -0.2) is 37.0 Å². The summed E-state index contributed by atoms with van der Waals surface area (Å²) in [6.07, 6.45) is 1.46. The van der Waals surface area contributed by atoms with Crippen LogP contribution in [0.5, 0.6) is 0 Å². The van der Waals surface area contributed by atoms with Crippen LogP contribution in [0.1, 0.15) is 0 Å². The van der Waals surface area contributed by atoms with Gasteiger partial charge in [-0.2, -0.15) is 5.26 Å². The van der Waals surface area contributed by atoms with Gasteiger partial charge in [0.2, 0.25) is 0 Å². The zero-order chi connectivity index (χ0) is 19.2. The van der Waals surface area contributed by atoms with Crippen molar-refractivity contribution in [3.05, 3.63) is 69.7 Å². The normalized spacial score (nSPS) is 14.6. The topological polar surface area (TPSA) is 59.4 Å². The van der Waals surface area contributed by atoms with Crippen LogP contribution in [0, 0.1) is 20.7 Å². The fourth-order valence-corrected chi connectivity index (χ4v) is 3.19. The molecule has 5 nitrogen and oxygen atoms in total. The lowest BCUT2D eigenvalue weighted by Crippen LogP contribution is -2.49. The van der Waals surface area contributed by atoms with E-state index in [0.29, 0.717) is 26.2 Å². The van der Waals surface area contributed by atoms with E-state index in [0.717, 1.165) is 14.9 Å². The summed E-state index contributed by atoms with van der Waals surface area (Å²) in [5.74, 6) is -0.550. The summed E-state index contributed by atoms with van der Waals surface area (Å²) in [6.45, 7) is 2.30. The van der Waals surface area contributed by atoms with Crippen LogP contribution in [0.15, 0.2) is 60.3 Å². The fraction of sp³-hybridized carbons (Fsp3) is 0.200. The Morgan fingerprint density at radius 2 is 1.70 bits per heavy atom. The molecule has 1 heterocycles. The summed E-state index contributed by atoms with van der Waals surface area (Å²) in [5, 5.41) is 12.4. The van der Waals surface area contributed by atoms with Crippen molar-refractivity contribution >= 4 is 39.9 Å². The van der Waals surface area contributed by atoms with Crippen molar-refractivity contribution < 1.29 is 9.18 Å². The number of carbonyl (C=O) groups is 1. The maximum absolute atomic E-state index is 13.0. The van der Waals surface area contributed by atoms with Gasteiger partial charge in [-0.05, 0) is 71.1 Å². The first-order chi connectivity index (χ1) is 13.1. The third kappa shape index (κ3) is 4.98. The third-order valence-corrected chi connectivity index (χ3v) is 5.06. The summed E-state index contributed by atoms with van der Waals surface area (Å²) >= 11 is 2.21. The summed E-state index contributed by atoms with van der Waals surface area (Å²) in [4.78, 5) is 16.4. The molecule has 2 aromatic carbocycles. The Hall–Kier alpha value is -2.60. The van der Waals surface area contributed by atoms with E-state index in [-0.39, 0.29) is 17.3 Å². The molecule has 2 aromatic rings. The van der Waals surface area contributed by atoms with Gasteiger partial charge >= 0.3 is 0 Å². The molecule has 1 saturated heterocycles. The predicted molar refractivity (Wildman–Crippen MR) is 112 cm³/mol. The van der Waals surface area contributed by atoms with Crippen molar-refractivity contribution in [2.45, 2.75) is 0 Å². The number of benzene rings is 2. The number of hydrogen-bond acceptors (Lipinski definition) is 4. The quantitative estimate of drug-likeness (QED) is 0.417. The number of nitrogens with zero attached hydrogens (tertiary/aromatic N) is 3. The molecule has 3 rings (SSSR count). The predicted octanol–water partition coefficient (Wildman–Crippen LogP) is 3.60. The van der Waals surface area contributed by atoms with Crippen molar-refractivity contribution in [2.24, 2.45) is 0 Å². The maximum atomic E-state index is 13.0. The van der Waals surface area contributed by atoms with Crippen molar-refractivity contribution in [1.82, 2.24) is 4.90 Å². The minimum absolute atomic E-state index is 0.0729. The van der Waals surface area contributed by atoms with Crippen molar-refractivity contribution in [3.8, 4) is 6.07 Å². The molecule has 0 atom stereocenters. The highest BCUT2D eigenvalue weighted by Gasteiger charge is 2.23. The first kappa shape index (κ1) is 19.2. The molecule has 27 heavy (non-hydrogen) atoms. The van der Waals surface area contributed by atoms with E-state index in [4.69, 9.17) is 0 Å². The standard InChI is InChI=1S/C20H18FIN4O/c21-16-1-7-19(8-2-16)25-9-11-26(12-10-25)20(27)15(13-23)14-24-18-5-3-17(22)4-6-18/h1-8,14,24H,9-12H2/b15-14-. The van der Waals surface area contributed by atoms with Gasteiger partial charge in [0.15, 0.2) is 0 Å². The number of hydrogen-bond donors (Lipinski definition) is 1. The van der Waals surface area contributed by atoms with Crippen LogP contribution in [0.4, 0.5) is 15.8 Å². The molecule has 0 aliphatic carbocycles. The average molecular weight is 476 g/mol. The van der Waals surface area contributed by atoms with E-state index in [1.807, 2.05) is 30.3 Å². The molecule has 1 fully saturated rings. The lowest BCUT2D eigenvalue weighted by molar-refractivity contribution is -0.127. The van der Waals surface area contributed by atoms with Crippen LogP contribution < -0.4 is 10.2 Å². The largest absolute Gasteiger partial charge is 0.368 e. The van der Waals surface area contributed by atoms with Gasteiger partial charge in [-0.15, -0.1) is 0 Å². The molecule has 7 heteroatoms. The Morgan fingerprint density at radius 3 is 2.30 bits per heavy atom. The molecule has 0 unspecified atom stereocenters. The van der Waals surface area contributed by atoms with Gasteiger partial charge in [0.25, 0.3) is 5.91 Å². The van der Waals surface area contributed by atoms with Crippen molar-refractivity contribution in [2.75, 3.05) is 36.4 Å². The molecule has 0 spiro atoms. The van der Waals surface area contributed by atoms with E-state index in [1.165, 1.54) is 18.3 Å². The SMILES string of the molecule is N#C/C(=C/Nc1ccc(I)cc1)C(=O)N1CCN(c2ccc(F)cc2)CC1. The third-order valence-electron chi connectivity index (χ3n) is 4.34. The van der Waals surface area contributed by atoms with Gasteiger partial charge in [0.05, 0.1) is 0 Å². The second-order valence-corrected chi connectivity index (χ2v) is 7.32. The van der Waals surface area contributed by atoms with Crippen LogP contribution in [-0.2, 0) is 4.79 Å². The minimum Gasteiger partial charge on any atom is -0.368 e. The zero-order valence-electron chi connectivity index (χ0n) is 14.5. The van der Waals surface area contributed by atoms with Gasteiger partial charge in [0.1, 0.15) is 17.5 Å². The van der Waals surface area contributed by atoms with E-state index in [1.54, 1.807) is 17.0 Å². The van der Waals surface area contributed by atoms with E-state index in [9.17, 15) is 14.4 Å². The van der Waals surface area contributed by atoms with Crippen LogP contribution in [0.25, 0.3) is 0 Å². The number of piperazine rings is 1. The highest BCUT2D eigenvalue weighted by atomic mass is 127. The number of rotatable bonds is 4. The van der Waals surface area contributed by atoms with Gasteiger partial charge < -0.3 is 15.1 Å². The van der Waals surface area contributed by atoms with Gasteiger partial charge in [-0.1, -0.05) is 0 Å². The van der Waals surface area contributed by atoms with E-state index in [2.05, 4.69) is 32.8 Å². The van der Waals surface area contributed by atoms with E-state index >= 15 is 0 Å². The highest BCUT2D eigenvalue weighted by molar-refractivity contribution is 14.1. The Morgan fingerprint density at radius 1 is 1.07 bits per heavy atom. The molecular formula is C20H18FIN4O. The number of amides is 1. The Bertz CT molecular complexity index is 866. The smallest absolute Gasteiger partial charge is 0.266 e. The van der Waals surface area contributed by atoms with Gasteiger partial charge in [-0.25, -0.2) is 4.39 Å². The molecule has 1 N–H and O–H groups in total. The zero-order valence-corrected chi connectivity index (χ0v) is 16.7. The molecule has 0 saturated carbocycles. The minimum atomic E-state index is -0.283. The number of nitrogens with one attached hydrogen (secondary N) is 1. The molecule has 0 bridgehead atoms. The lowest BCUT2D eigenvalue weighted by atomic mass is 10.2. The number of halogens is 2. The second-order valence-electron chi connectivity index (χ2n) is 6.08. The first-order valence-electron chi connectivity index (χ1n) is 8.49. The van der Waals surface area contributed by atoms with Gasteiger partial charge in [-0.3, -0.25) is 4.79 Å². The lowest BCUT2D eigenvalue weighted by Gasteiger charge is -2.36. The number of carbonyl (C=O) groups excluding carboxylic acids is 1. The highest BCUT2D eigenvalue weighted by Crippen LogP contribution is 2.18. The Kier molecular flexibility index (Phi) is 6.29. The maximum Gasteiger partial charge on any atom is 0.266 e. The van der Waals surface area contributed by atoms with Crippen LogP contribution in [0.2, 0.25) is 0 Å². The molecule has 0 aromatic heterocycles. The molecule has 0 radical (unpaired) electrons. The summed E-state index contributed by atoms with van der Waals surface area (Å²) in [7, 11) is 0. The summed E-state index contributed by atoms with van der Waals surface area (Å²) in [5.41, 5.74) is 1.82. The molecular weight excluding hydrogens is 458 g/mol. The Balaban J connectivity index is 1.59. The number of nitriles is 1. The average Bonchev–Trinajstić information content (AvgIpc) is 2.70. The fourth-order valence-electron chi connectivity index (χ4n) is 2.83. The van der Waals surface area contributed by atoms with Crippen molar-refractivity contribution in [1.29, 1.82) is 5.26 Å². The second kappa shape index (κ2) is 8.86. The van der Waals surface area contributed by atoms with Gasteiger partial charge in [0, 0.05) is 47.3 Å². The molecule has 1 amide bonds. The van der Waals surface area contributed by atoms with Crippen molar-refractivity contribution in [3.63, 3.8) is 0 Å². The van der Waals surface area contributed by atoms with Crippen LogP contribution >= 0.6 is 22.6 Å². The summed E-state index contributed by atoms with van der Waals surface area (Å²) < 4.78 is 14.2. The number of anilines is 2. The molecule has 138 valence electrons. The first-order valence-corrected chi connectivity index (χ1v) is 9.57. The Labute approximate surface area is 171 Å².